The highest BCUT2D eigenvalue weighted by Gasteiger charge is 2.15. The summed E-state index contributed by atoms with van der Waals surface area (Å²) >= 11 is 7.56. The topological polar surface area (TPSA) is 76.0 Å². The van der Waals surface area contributed by atoms with E-state index in [1.54, 1.807) is 35.0 Å². The minimum absolute atomic E-state index is 0.272. The van der Waals surface area contributed by atoms with Gasteiger partial charge in [-0.1, -0.05) is 48.0 Å². The fourth-order valence-electron chi connectivity index (χ4n) is 3.07. The maximum atomic E-state index is 12.9. The number of benzene rings is 2. The van der Waals surface area contributed by atoms with Crippen molar-refractivity contribution in [2.45, 2.75) is 13.5 Å². The van der Waals surface area contributed by atoms with Crippen molar-refractivity contribution in [3.8, 4) is 0 Å². The molecule has 8 heteroatoms. The summed E-state index contributed by atoms with van der Waals surface area (Å²) in [5.41, 5.74) is 2.62. The van der Waals surface area contributed by atoms with Crippen LogP contribution in [-0.2, 0) is 6.54 Å². The summed E-state index contributed by atoms with van der Waals surface area (Å²) in [4.78, 5) is 25.8. The minimum atomic E-state index is -0.322. The largest absolute Gasteiger partial charge is 0.320 e. The van der Waals surface area contributed by atoms with Gasteiger partial charge < -0.3 is 10.6 Å². The number of nitrogens with one attached hydrogen (secondary N) is 2. The van der Waals surface area contributed by atoms with Gasteiger partial charge in [0.2, 0.25) is 0 Å². The number of hydrogen-bond donors (Lipinski definition) is 2. The smallest absolute Gasteiger partial charge is 0.265 e. The van der Waals surface area contributed by atoms with E-state index in [0.29, 0.717) is 33.5 Å². The third-order valence-corrected chi connectivity index (χ3v) is 5.74. The van der Waals surface area contributed by atoms with E-state index >= 15 is 0 Å². The van der Waals surface area contributed by atoms with Crippen LogP contribution in [0.2, 0.25) is 5.02 Å². The quantitative estimate of drug-likeness (QED) is 0.409. The molecule has 4 aromatic rings. The van der Waals surface area contributed by atoms with Crippen LogP contribution in [-0.4, -0.2) is 21.6 Å². The van der Waals surface area contributed by atoms with Crippen molar-refractivity contribution >= 4 is 46.3 Å². The monoisotopic (exact) mass is 450 g/mol. The Morgan fingerprint density at radius 3 is 2.55 bits per heavy atom. The molecule has 2 aromatic carbocycles. The van der Waals surface area contributed by atoms with Crippen molar-refractivity contribution in [2.24, 2.45) is 0 Å². The first-order valence-electron chi connectivity index (χ1n) is 9.54. The summed E-state index contributed by atoms with van der Waals surface area (Å²) in [6, 6.07) is 20.0. The Hall–Kier alpha value is -3.42. The molecule has 156 valence electrons. The molecule has 0 atom stereocenters. The lowest BCUT2D eigenvalue weighted by molar-refractivity contribution is 0.101. The molecule has 4 rings (SSSR count). The molecule has 31 heavy (non-hydrogen) atoms. The molecule has 0 radical (unpaired) electrons. The SMILES string of the molecule is Cc1cc(NC(=O)c2ccc(Cl)c(NC(=O)c3cccs3)c2)n(Cc2ccccc2)n1. The Morgan fingerprint density at radius 2 is 1.81 bits per heavy atom. The Kier molecular flexibility index (Phi) is 6.16. The zero-order valence-electron chi connectivity index (χ0n) is 16.6. The van der Waals surface area contributed by atoms with Crippen LogP contribution >= 0.6 is 22.9 Å². The van der Waals surface area contributed by atoms with Crippen LogP contribution in [0.5, 0.6) is 0 Å². The average Bonchev–Trinajstić information content (AvgIpc) is 3.41. The Labute approximate surface area is 188 Å². The van der Waals surface area contributed by atoms with Gasteiger partial charge in [-0.05, 0) is 42.1 Å². The third kappa shape index (κ3) is 5.02. The molecule has 0 fully saturated rings. The molecule has 0 aliphatic carbocycles. The van der Waals surface area contributed by atoms with Gasteiger partial charge in [0.1, 0.15) is 5.82 Å². The van der Waals surface area contributed by atoms with E-state index in [1.807, 2.05) is 48.7 Å². The van der Waals surface area contributed by atoms with E-state index in [4.69, 9.17) is 11.6 Å². The summed E-state index contributed by atoms with van der Waals surface area (Å²) < 4.78 is 1.75. The lowest BCUT2D eigenvalue weighted by Crippen LogP contribution is -2.17. The molecule has 6 nitrogen and oxygen atoms in total. The standard InChI is InChI=1S/C23H19ClN4O2S/c1-15-12-21(28(27-15)14-16-6-3-2-4-7-16)26-22(29)17-9-10-18(24)19(13-17)25-23(30)20-8-5-11-31-20/h2-13H,14H2,1H3,(H,25,30)(H,26,29). The van der Waals surface area contributed by atoms with Crippen molar-refractivity contribution in [1.82, 2.24) is 9.78 Å². The van der Waals surface area contributed by atoms with Gasteiger partial charge in [-0.25, -0.2) is 4.68 Å². The minimum Gasteiger partial charge on any atom is -0.320 e. The zero-order valence-corrected chi connectivity index (χ0v) is 18.2. The number of carbonyl (C=O) groups excluding carboxylic acids is 2. The number of amides is 2. The second-order valence-corrected chi connectivity index (χ2v) is 8.25. The molecule has 0 saturated carbocycles. The molecule has 0 saturated heterocycles. The number of aryl methyl sites for hydroxylation is 1. The maximum absolute atomic E-state index is 12.9. The van der Waals surface area contributed by atoms with E-state index < -0.39 is 0 Å². The Bertz CT molecular complexity index is 1220. The van der Waals surface area contributed by atoms with Crippen molar-refractivity contribution < 1.29 is 9.59 Å². The Balaban J connectivity index is 1.52. The molecule has 0 bridgehead atoms. The molecule has 0 spiro atoms. The van der Waals surface area contributed by atoms with Crippen molar-refractivity contribution in [3.05, 3.63) is 98.8 Å². The van der Waals surface area contributed by atoms with E-state index in [-0.39, 0.29) is 11.8 Å². The van der Waals surface area contributed by atoms with Crippen molar-refractivity contribution in [2.75, 3.05) is 10.6 Å². The number of carbonyl (C=O) groups is 2. The number of anilines is 2. The fourth-order valence-corrected chi connectivity index (χ4v) is 3.85. The van der Waals surface area contributed by atoms with Gasteiger partial charge in [-0.2, -0.15) is 5.10 Å². The first kappa shape index (κ1) is 20.8. The third-order valence-electron chi connectivity index (χ3n) is 4.54. The zero-order chi connectivity index (χ0) is 21.8. The van der Waals surface area contributed by atoms with E-state index in [0.717, 1.165) is 11.3 Å². The molecular weight excluding hydrogens is 432 g/mol. The number of nitrogens with zero attached hydrogens (tertiary/aromatic N) is 2. The van der Waals surface area contributed by atoms with Crippen LogP contribution in [0.25, 0.3) is 0 Å². The van der Waals surface area contributed by atoms with Gasteiger partial charge in [0, 0.05) is 11.6 Å². The second-order valence-electron chi connectivity index (χ2n) is 6.89. The van der Waals surface area contributed by atoms with Gasteiger partial charge in [-0.3, -0.25) is 9.59 Å². The normalized spacial score (nSPS) is 10.6. The van der Waals surface area contributed by atoms with Gasteiger partial charge in [-0.15, -0.1) is 11.3 Å². The number of hydrogen-bond acceptors (Lipinski definition) is 4. The fraction of sp³-hybridized carbons (Fsp3) is 0.0870. The highest BCUT2D eigenvalue weighted by molar-refractivity contribution is 7.12. The number of thiophene rings is 1. The van der Waals surface area contributed by atoms with E-state index in [9.17, 15) is 9.59 Å². The van der Waals surface area contributed by atoms with Crippen LogP contribution in [0.15, 0.2) is 72.1 Å². The summed E-state index contributed by atoms with van der Waals surface area (Å²) in [5.74, 6) is -0.00556. The lowest BCUT2D eigenvalue weighted by atomic mass is 10.2. The summed E-state index contributed by atoms with van der Waals surface area (Å²) in [7, 11) is 0. The summed E-state index contributed by atoms with van der Waals surface area (Å²) in [5, 5.41) is 12.3. The molecule has 2 aromatic heterocycles. The predicted octanol–water partition coefficient (Wildman–Crippen LogP) is 5.46. The molecule has 2 heterocycles. The van der Waals surface area contributed by atoms with Crippen molar-refractivity contribution in [3.63, 3.8) is 0 Å². The van der Waals surface area contributed by atoms with Gasteiger partial charge in [0.05, 0.1) is 27.8 Å². The highest BCUT2D eigenvalue weighted by Crippen LogP contribution is 2.25. The summed E-state index contributed by atoms with van der Waals surface area (Å²) in [6.07, 6.45) is 0. The number of halogens is 1. The maximum Gasteiger partial charge on any atom is 0.265 e. The van der Waals surface area contributed by atoms with Gasteiger partial charge in [0.15, 0.2) is 0 Å². The molecular formula is C23H19ClN4O2S. The molecule has 0 unspecified atom stereocenters. The van der Waals surface area contributed by atoms with E-state index in [1.165, 1.54) is 11.3 Å². The number of aromatic nitrogens is 2. The predicted molar refractivity (Wildman–Crippen MR) is 124 cm³/mol. The molecule has 0 aliphatic heterocycles. The first-order valence-corrected chi connectivity index (χ1v) is 10.8. The lowest BCUT2D eigenvalue weighted by Gasteiger charge is -2.11. The summed E-state index contributed by atoms with van der Waals surface area (Å²) in [6.45, 7) is 2.41. The Morgan fingerprint density at radius 1 is 1.00 bits per heavy atom. The van der Waals surface area contributed by atoms with Crippen molar-refractivity contribution in [1.29, 1.82) is 0 Å². The van der Waals surface area contributed by atoms with Crippen LogP contribution in [0.4, 0.5) is 11.5 Å². The van der Waals surface area contributed by atoms with E-state index in [2.05, 4.69) is 15.7 Å². The number of rotatable bonds is 6. The first-order chi connectivity index (χ1) is 15.0. The van der Waals surface area contributed by atoms with Crippen LogP contribution in [0, 0.1) is 6.92 Å². The van der Waals surface area contributed by atoms with Gasteiger partial charge in [0.25, 0.3) is 11.8 Å². The highest BCUT2D eigenvalue weighted by atomic mass is 35.5. The molecule has 0 aliphatic rings. The molecule has 2 amide bonds. The van der Waals surface area contributed by atoms with Crippen LogP contribution < -0.4 is 10.6 Å². The van der Waals surface area contributed by atoms with Crippen LogP contribution in [0.1, 0.15) is 31.3 Å². The van der Waals surface area contributed by atoms with Gasteiger partial charge >= 0.3 is 0 Å². The second kappa shape index (κ2) is 9.16. The van der Waals surface area contributed by atoms with Crippen LogP contribution in [0.3, 0.4) is 0 Å². The average molecular weight is 451 g/mol. The molecule has 2 N–H and O–H groups in total.